The van der Waals surface area contributed by atoms with Crippen LogP contribution in [-0.4, -0.2) is 13.2 Å². The summed E-state index contributed by atoms with van der Waals surface area (Å²) >= 11 is 0. The van der Waals surface area contributed by atoms with E-state index in [9.17, 15) is 0 Å². The van der Waals surface area contributed by atoms with Crippen LogP contribution < -0.4 is 15.2 Å². The lowest BCUT2D eigenvalue weighted by Crippen LogP contribution is -1.99. The molecule has 0 fully saturated rings. The molecule has 0 bridgehead atoms. The number of hydrogen-bond acceptors (Lipinski definition) is 4. The highest BCUT2D eigenvalue weighted by molar-refractivity contribution is 5.31. The van der Waals surface area contributed by atoms with Gasteiger partial charge in [-0.1, -0.05) is 0 Å². The molecule has 4 nitrogen and oxygen atoms in total. The second-order valence-electron chi connectivity index (χ2n) is 4.45. The van der Waals surface area contributed by atoms with E-state index in [0.29, 0.717) is 19.8 Å². The second-order valence-corrected chi connectivity index (χ2v) is 4.45. The van der Waals surface area contributed by atoms with Crippen molar-refractivity contribution in [3.8, 4) is 11.5 Å². The molecule has 0 spiro atoms. The normalized spacial score (nSPS) is 10.5. The van der Waals surface area contributed by atoms with Gasteiger partial charge in [0.1, 0.15) is 29.6 Å². The molecule has 0 radical (unpaired) electrons. The zero-order chi connectivity index (χ0) is 14.2. The molecule has 0 atom stereocenters. The summed E-state index contributed by atoms with van der Waals surface area (Å²) in [6.45, 7) is 3.73. The highest BCUT2D eigenvalue weighted by atomic mass is 16.5. The summed E-state index contributed by atoms with van der Waals surface area (Å²) in [7, 11) is 0. The van der Waals surface area contributed by atoms with Gasteiger partial charge < -0.3 is 19.6 Å². The average molecular weight is 275 g/mol. The molecule has 0 aliphatic rings. The van der Waals surface area contributed by atoms with E-state index in [4.69, 9.17) is 19.6 Å². The third kappa shape index (κ3) is 4.31. The maximum absolute atomic E-state index is 5.67. The molecule has 4 heteroatoms. The van der Waals surface area contributed by atoms with Gasteiger partial charge in [-0.15, -0.1) is 0 Å². The smallest absolute Gasteiger partial charge is 0.146 e. The van der Waals surface area contributed by atoms with Crippen molar-refractivity contribution in [2.75, 3.05) is 13.2 Å². The third-order valence-corrected chi connectivity index (χ3v) is 2.86. The molecule has 0 saturated carbocycles. The Bertz CT molecular complexity index is 505. The van der Waals surface area contributed by atoms with Gasteiger partial charge in [0.15, 0.2) is 0 Å². The molecule has 108 valence electrons. The molecular formula is C16H21NO3. The highest BCUT2D eigenvalue weighted by Gasteiger charge is 2.03. The van der Waals surface area contributed by atoms with Crippen molar-refractivity contribution in [2.45, 2.75) is 26.4 Å². The SMILES string of the molecule is CCOc1ccc(OCc2ccc(CCCN)o2)cc1. The molecule has 0 amide bonds. The van der Waals surface area contributed by atoms with Crippen LogP contribution in [0.25, 0.3) is 0 Å². The lowest BCUT2D eigenvalue weighted by molar-refractivity contribution is 0.265. The molecule has 1 aromatic carbocycles. The lowest BCUT2D eigenvalue weighted by atomic mass is 10.2. The summed E-state index contributed by atoms with van der Waals surface area (Å²) in [6, 6.07) is 11.5. The number of benzene rings is 1. The van der Waals surface area contributed by atoms with Gasteiger partial charge in [0.25, 0.3) is 0 Å². The fourth-order valence-electron chi connectivity index (χ4n) is 1.86. The first-order valence-electron chi connectivity index (χ1n) is 6.95. The maximum Gasteiger partial charge on any atom is 0.146 e. The summed E-state index contributed by atoms with van der Waals surface area (Å²) in [5, 5.41) is 0. The van der Waals surface area contributed by atoms with E-state index in [1.807, 2.05) is 43.3 Å². The van der Waals surface area contributed by atoms with E-state index < -0.39 is 0 Å². The van der Waals surface area contributed by atoms with Crippen LogP contribution in [-0.2, 0) is 13.0 Å². The van der Waals surface area contributed by atoms with Gasteiger partial charge in [-0.3, -0.25) is 0 Å². The monoisotopic (exact) mass is 275 g/mol. The fourth-order valence-corrected chi connectivity index (χ4v) is 1.86. The summed E-state index contributed by atoms with van der Waals surface area (Å²) < 4.78 is 16.7. The van der Waals surface area contributed by atoms with Gasteiger partial charge >= 0.3 is 0 Å². The van der Waals surface area contributed by atoms with Gasteiger partial charge in [0.05, 0.1) is 6.61 Å². The number of ether oxygens (including phenoxy) is 2. The molecule has 0 aliphatic carbocycles. The number of furan rings is 1. The summed E-state index contributed by atoms with van der Waals surface area (Å²) in [6.07, 6.45) is 1.81. The van der Waals surface area contributed by atoms with Crippen LogP contribution in [0, 0.1) is 0 Å². The molecular weight excluding hydrogens is 254 g/mol. The molecule has 1 heterocycles. The highest BCUT2D eigenvalue weighted by Crippen LogP contribution is 2.19. The van der Waals surface area contributed by atoms with Crippen molar-refractivity contribution in [1.82, 2.24) is 0 Å². The predicted octanol–water partition coefficient (Wildman–Crippen LogP) is 3.15. The van der Waals surface area contributed by atoms with Crippen molar-refractivity contribution in [1.29, 1.82) is 0 Å². The molecule has 2 N–H and O–H groups in total. The molecule has 1 aromatic heterocycles. The minimum Gasteiger partial charge on any atom is -0.494 e. The molecule has 20 heavy (non-hydrogen) atoms. The Balaban J connectivity index is 1.83. The van der Waals surface area contributed by atoms with E-state index in [2.05, 4.69) is 0 Å². The van der Waals surface area contributed by atoms with Crippen LogP contribution in [0.3, 0.4) is 0 Å². The quantitative estimate of drug-likeness (QED) is 0.804. The molecule has 0 saturated heterocycles. The average Bonchev–Trinajstić information content (AvgIpc) is 2.93. The number of nitrogens with two attached hydrogens (primary N) is 1. The molecule has 2 rings (SSSR count). The van der Waals surface area contributed by atoms with Gasteiger partial charge in [0, 0.05) is 6.42 Å². The number of aryl methyl sites for hydroxylation is 1. The van der Waals surface area contributed by atoms with E-state index in [-0.39, 0.29) is 0 Å². The van der Waals surface area contributed by atoms with E-state index in [0.717, 1.165) is 35.9 Å². The summed E-state index contributed by atoms with van der Waals surface area (Å²) in [5.41, 5.74) is 5.47. The van der Waals surface area contributed by atoms with Crippen LogP contribution >= 0.6 is 0 Å². The van der Waals surface area contributed by atoms with E-state index in [1.54, 1.807) is 0 Å². The largest absolute Gasteiger partial charge is 0.494 e. The molecule has 0 aliphatic heterocycles. The van der Waals surface area contributed by atoms with Crippen LogP contribution in [0.4, 0.5) is 0 Å². The first-order chi connectivity index (χ1) is 9.81. The van der Waals surface area contributed by atoms with Crippen LogP contribution in [0.5, 0.6) is 11.5 Å². The molecule has 2 aromatic rings. The Kier molecular flexibility index (Phi) is 5.50. The lowest BCUT2D eigenvalue weighted by Gasteiger charge is -2.06. The zero-order valence-corrected chi connectivity index (χ0v) is 11.8. The van der Waals surface area contributed by atoms with Gasteiger partial charge in [-0.25, -0.2) is 0 Å². The number of hydrogen-bond donors (Lipinski definition) is 1. The first kappa shape index (κ1) is 14.5. The van der Waals surface area contributed by atoms with Crippen LogP contribution in [0.2, 0.25) is 0 Å². The van der Waals surface area contributed by atoms with Crippen molar-refractivity contribution < 1.29 is 13.9 Å². The van der Waals surface area contributed by atoms with Gasteiger partial charge in [-0.2, -0.15) is 0 Å². The maximum atomic E-state index is 5.67. The fraction of sp³-hybridized carbons (Fsp3) is 0.375. The van der Waals surface area contributed by atoms with Crippen molar-refractivity contribution in [2.24, 2.45) is 5.73 Å². The molecule has 0 unspecified atom stereocenters. The van der Waals surface area contributed by atoms with E-state index >= 15 is 0 Å². The summed E-state index contributed by atoms with van der Waals surface area (Å²) in [5.74, 6) is 3.43. The van der Waals surface area contributed by atoms with Crippen molar-refractivity contribution >= 4 is 0 Å². The van der Waals surface area contributed by atoms with Gasteiger partial charge in [-0.05, 0) is 56.3 Å². The summed E-state index contributed by atoms with van der Waals surface area (Å²) in [4.78, 5) is 0. The minimum atomic E-state index is 0.427. The second kappa shape index (κ2) is 7.60. The van der Waals surface area contributed by atoms with Crippen LogP contribution in [0.15, 0.2) is 40.8 Å². The Morgan fingerprint density at radius 1 is 0.950 bits per heavy atom. The number of rotatable bonds is 8. The predicted molar refractivity (Wildman–Crippen MR) is 78.0 cm³/mol. The first-order valence-corrected chi connectivity index (χ1v) is 6.95. The topological polar surface area (TPSA) is 57.6 Å². The van der Waals surface area contributed by atoms with Crippen LogP contribution in [0.1, 0.15) is 24.9 Å². The van der Waals surface area contributed by atoms with E-state index in [1.165, 1.54) is 0 Å². The minimum absolute atomic E-state index is 0.427. The third-order valence-electron chi connectivity index (χ3n) is 2.86. The Labute approximate surface area is 119 Å². The Morgan fingerprint density at radius 2 is 1.60 bits per heavy atom. The van der Waals surface area contributed by atoms with Crippen molar-refractivity contribution in [3.63, 3.8) is 0 Å². The van der Waals surface area contributed by atoms with Gasteiger partial charge in [0.2, 0.25) is 0 Å². The Morgan fingerprint density at radius 3 is 2.25 bits per heavy atom. The van der Waals surface area contributed by atoms with Crippen molar-refractivity contribution in [3.05, 3.63) is 47.9 Å². The zero-order valence-electron chi connectivity index (χ0n) is 11.8. The standard InChI is InChI=1S/C16H21NO3/c1-2-18-13-5-7-14(8-6-13)19-12-16-10-9-15(20-16)4-3-11-17/h5-10H,2-4,11-12,17H2,1H3. The Hall–Kier alpha value is -1.94.